The van der Waals surface area contributed by atoms with Crippen LogP contribution in [0.4, 0.5) is 11.4 Å². The first-order valence-corrected chi connectivity index (χ1v) is 10.8. The van der Waals surface area contributed by atoms with E-state index in [-0.39, 0.29) is 4.90 Å². The van der Waals surface area contributed by atoms with Crippen molar-refractivity contribution in [2.24, 2.45) is 0 Å². The topological polar surface area (TPSA) is 75.7 Å². The van der Waals surface area contributed by atoms with Crippen LogP contribution in [-0.2, 0) is 14.8 Å². The summed E-state index contributed by atoms with van der Waals surface area (Å²) in [6.45, 7) is 3.41. The smallest absolute Gasteiger partial charge is 0.264 e. The Kier molecular flexibility index (Phi) is 6.42. The summed E-state index contributed by atoms with van der Waals surface area (Å²) in [5.41, 5.74) is 2.83. The van der Waals surface area contributed by atoms with Crippen LogP contribution >= 0.6 is 0 Å². The van der Waals surface area contributed by atoms with Crippen LogP contribution in [-0.4, -0.2) is 28.0 Å². The summed E-state index contributed by atoms with van der Waals surface area (Å²) in [6.07, 6.45) is 0. The summed E-state index contributed by atoms with van der Waals surface area (Å²) >= 11 is 0. The average molecular weight is 425 g/mol. The van der Waals surface area contributed by atoms with Gasteiger partial charge in [-0.1, -0.05) is 42.5 Å². The van der Waals surface area contributed by atoms with Gasteiger partial charge in [-0.3, -0.25) is 9.10 Å². The number of ether oxygens (including phenoxy) is 1. The molecule has 0 aliphatic carbocycles. The van der Waals surface area contributed by atoms with Crippen LogP contribution in [0, 0.1) is 13.8 Å². The fourth-order valence-corrected chi connectivity index (χ4v) is 4.50. The molecule has 0 fully saturated rings. The highest BCUT2D eigenvalue weighted by atomic mass is 32.2. The van der Waals surface area contributed by atoms with Crippen molar-refractivity contribution >= 4 is 27.3 Å². The number of anilines is 2. The van der Waals surface area contributed by atoms with E-state index >= 15 is 0 Å². The summed E-state index contributed by atoms with van der Waals surface area (Å²) < 4.78 is 33.2. The minimum absolute atomic E-state index is 0.0930. The van der Waals surface area contributed by atoms with Crippen LogP contribution in [0.3, 0.4) is 0 Å². The van der Waals surface area contributed by atoms with Gasteiger partial charge < -0.3 is 10.1 Å². The van der Waals surface area contributed by atoms with Crippen molar-refractivity contribution in [1.29, 1.82) is 0 Å². The van der Waals surface area contributed by atoms with E-state index in [9.17, 15) is 13.2 Å². The van der Waals surface area contributed by atoms with Crippen molar-refractivity contribution in [1.82, 2.24) is 0 Å². The van der Waals surface area contributed by atoms with Gasteiger partial charge in [0, 0.05) is 5.69 Å². The number of nitrogens with zero attached hydrogens (tertiary/aromatic N) is 1. The Balaban J connectivity index is 2.00. The molecule has 0 spiro atoms. The fourth-order valence-electron chi connectivity index (χ4n) is 3.05. The largest absolute Gasteiger partial charge is 0.495 e. The van der Waals surface area contributed by atoms with Crippen molar-refractivity contribution < 1.29 is 17.9 Å². The Bertz CT molecular complexity index is 1140. The average Bonchev–Trinajstić information content (AvgIpc) is 2.75. The molecule has 0 radical (unpaired) electrons. The second-order valence-electron chi connectivity index (χ2n) is 6.86. The Morgan fingerprint density at radius 1 is 0.967 bits per heavy atom. The minimum Gasteiger partial charge on any atom is -0.495 e. The van der Waals surface area contributed by atoms with Crippen LogP contribution in [0.5, 0.6) is 5.75 Å². The first kappa shape index (κ1) is 21.4. The Morgan fingerprint density at radius 2 is 1.63 bits per heavy atom. The molecule has 6 nitrogen and oxygen atoms in total. The normalized spacial score (nSPS) is 11.0. The molecule has 0 aliphatic heterocycles. The molecule has 0 atom stereocenters. The third-order valence-corrected chi connectivity index (χ3v) is 6.41. The maximum absolute atomic E-state index is 13.4. The molecule has 0 heterocycles. The predicted octanol–water partition coefficient (Wildman–Crippen LogP) is 4.15. The van der Waals surface area contributed by atoms with Gasteiger partial charge in [0.1, 0.15) is 12.3 Å². The monoisotopic (exact) mass is 424 g/mol. The Morgan fingerprint density at radius 3 is 2.33 bits per heavy atom. The molecular weight excluding hydrogens is 400 g/mol. The maximum atomic E-state index is 13.4. The van der Waals surface area contributed by atoms with Crippen LogP contribution in [0.15, 0.2) is 77.7 Å². The van der Waals surface area contributed by atoms with Crippen molar-refractivity contribution in [2.45, 2.75) is 18.7 Å². The molecule has 0 unspecified atom stereocenters. The number of nitrogens with one attached hydrogen (secondary N) is 1. The molecule has 7 heteroatoms. The molecule has 0 aliphatic rings. The van der Waals surface area contributed by atoms with Gasteiger partial charge in [0.15, 0.2) is 0 Å². The summed E-state index contributed by atoms with van der Waals surface area (Å²) in [5, 5.41) is 2.83. The molecule has 156 valence electrons. The van der Waals surface area contributed by atoms with Gasteiger partial charge in [-0.25, -0.2) is 8.42 Å². The van der Waals surface area contributed by atoms with Gasteiger partial charge in [0.2, 0.25) is 5.91 Å². The van der Waals surface area contributed by atoms with Gasteiger partial charge >= 0.3 is 0 Å². The molecule has 3 aromatic carbocycles. The summed E-state index contributed by atoms with van der Waals surface area (Å²) in [4.78, 5) is 13.0. The zero-order valence-electron chi connectivity index (χ0n) is 17.1. The predicted molar refractivity (Wildman–Crippen MR) is 119 cm³/mol. The number of sulfonamides is 1. The minimum atomic E-state index is -4.00. The Labute approximate surface area is 177 Å². The van der Waals surface area contributed by atoms with Crippen LogP contribution in [0.25, 0.3) is 0 Å². The van der Waals surface area contributed by atoms with E-state index in [0.29, 0.717) is 17.1 Å². The zero-order chi connectivity index (χ0) is 21.7. The van der Waals surface area contributed by atoms with E-state index in [1.807, 2.05) is 32.0 Å². The first-order valence-electron chi connectivity index (χ1n) is 9.41. The molecule has 1 amide bonds. The number of para-hydroxylation sites is 2. The number of carbonyl (C=O) groups is 1. The molecule has 0 aromatic heterocycles. The highest BCUT2D eigenvalue weighted by molar-refractivity contribution is 7.92. The lowest BCUT2D eigenvalue weighted by Crippen LogP contribution is -2.38. The van der Waals surface area contributed by atoms with Crippen molar-refractivity contribution in [2.75, 3.05) is 23.3 Å². The highest BCUT2D eigenvalue weighted by Crippen LogP contribution is 2.32. The standard InChI is InChI=1S/C23H24N2O4S/c1-17-13-14-18(2)20(15-17)24-23(26)16-25(21-11-7-8-12-22(21)29-3)30(27,28)19-9-5-4-6-10-19/h4-15H,16H2,1-3H3,(H,24,26). The Hall–Kier alpha value is -3.32. The van der Waals surface area contributed by atoms with Crippen LogP contribution < -0.4 is 14.4 Å². The third-order valence-electron chi connectivity index (χ3n) is 4.64. The van der Waals surface area contributed by atoms with Gasteiger partial charge in [0.05, 0.1) is 17.7 Å². The summed E-state index contributed by atoms with van der Waals surface area (Å²) in [5.74, 6) is -0.0920. The number of amides is 1. The van der Waals surface area contributed by atoms with E-state index in [4.69, 9.17) is 4.74 Å². The zero-order valence-corrected chi connectivity index (χ0v) is 17.9. The fraction of sp³-hybridized carbons (Fsp3) is 0.174. The molecule has 3 aromatic rings. The van der Waals surface area contributed by atoms with Crippen LogP contribution in [0.2, 0.25) is 0 Å². The first-order chi connectivity index (χ1) is 14.3. The number of benzene rings is 3. The summed E-state index contributed by atoms with van der Waals surface area (Å²) in [6, 6.07) is 20.4. The quantitative estimate of drug-likeness (QED) is 0.618. The third kappa shape index (κ3) is 4.63. The molecule has 30 heavy (non-hydrogen) atoms. The van der Waals surface area contributed by atoms with Gasteiger partial charge in [-0.15, -0.1) is 0 Å². The highest BCUT2D eigenvalue weighted by Gasteiger charge is 2.29. The number of methoxy groups -OCH3 is 1. The molecule has 0 saturated heterocycles. The summed E-state index contributed by atoms with van der Waals surface area (Å²) in [7, 11) is -2.54. The molecule has 0 bridgehead atoms. The number of hydrogen-bond donors (Lipinski definition) is 1. The van der Waals surface area contributed by atoms with Gasteiger partial charge in [-0.2, -0.15) is 0 Å². The lowest BCUT2D eigenvalue weighted by Gasteiger charge is -2.25. The molecule has 0 saturated carbocycles. The molecular formula is C23H24N2O4S. The van der Waals surface area contributed by atoms with E-state index in [1.54, 1.807) is 42.5 Å². The number of carbonyl (C=O) groups excluding carboxylic acids is 1. The number of aryl methyl sites for hydroxylation is 2. The maximum Gasteiger partial charge on any atom is 0.264 e. The van der Waals surface area contributed by atoms with E-state index < -0.39 is 22.5 Å². The lowest BCUT2D eigenvalue weighted by atomic mass is 10.1. The van der Waals surface area contributed by atoms with Crippen LogP contribution in [0.1, 0.15) is 11.1 Å². The number of hydrogen-bond acceptors (Lipinski definition) is 4. The lowest BCUT2D eigenvalue weighted by molar-refractivity contribution is -0.114. The van der Waals surface area contributed by atoms with Gasteiger partial charge in [-0.05, 0) is 55.3 Å². The van der Waals surface area contributed by atoms with E-state index in [0.717, 1.165) is 15.4 Å². The molecule has 3 rings (SSSR count). The van der Waals surface area contributed by atoms with Crippen molar-refractivity contribution in [3.05, 3.63) is 83.9 Å². The van der Waals surface area contributed by atoms with Crippen molar-refractivity contribution in [3.8, 4) is 5.75 Å². The second-order valence-corrected chi connectivity index (χ2v) is 8.73. The number of rotatable bonds is 7. The van der Waals surface area contributed by atoms with E-state index in [1.165, 1.54) is 19.2 Å². The van der Waals surface area contributed by atoms with E-state index in [2.05, 4.69) is 5.32 Å². The van der Waals surface area contributed by atoms with Gasteiger partial charge in [0.25, 0.3) is 10.0 Å². The second kappa shape index (κ2) is 9.00. The SMILES string of the molecule is COc1ccccc1N(CC(=O)Nc1cc(C)ccc1C)S(=O)(=O)c1ccccc1. The molecule has 1 N–H and O–H groups in total. The van der Waals surface area contributed by atoms with Crippen molar-refractivity contribution in [3.63, 3.8) is 0 Å².